The Bertz CT molecular complexity index is 2870. The number of benzene rings is 8. The van der Waals surface area contributed by atoms with E-state index in [0.29, 0.717) is 22.0 Å². The molecule has 1 aromatic heterocycles. The predicted octanol–water partition coefficient (Wildman–Crippen LogP) is 9.43. The van der Waals surface area contributed by atoms with E-state index in [-0.39, 0.29) is 32.7 Å². The highest BCUT2D eigenvalue weighted by molar-refractivity contribution is 6.32. The highest BCUT2D eigenvalue weighted by Gasteiger charge is 2.33. The molecular weight excluding hydrogens is 646 g/mol. The van der Waals surface area contributed by atoms with Crippen molar-refractivity contribution in [2.24, 2.45) is 0 Å². The number of aromatic amines is 1. The molecule has 9 N–H and O–H groups in total. The molecule has 0 spiro atoms. The molecule has 9 rings (SSSR count). The van der Waals surface area contributed by atoms with Gasteiger partial charge in [-0.2, -0.15) is 0 Å². The molecule has 51 heavy (non-hydrogen) atoms. The average Bonchev–Trinajstić information content (AvgIpc) is 3.55. The summed E-state index contributed by atoms with van der Waals surface area (Å²) in [5.41, 5.74) is 3.78. The smallest absolute Gasteiger partial charge is 0.204 e. The Labute approximate surface area is 288 Å². The van der Waals surface area contributed by atoms with Crippen LogP contribution in [0.2, 0.25) is 0 Å². The van der Waals surface area contributed by atoms with Crippen molar-refractivity contribution in [1.29, 1.82) is 0 Å². The molecule has 0 aliphatic carbocycles. The molecule has 0 unspecified atom stereocenters. The van der Waals surface area contributed by atoms with Gasteiger partial charge in [0.1, 0.15) is 0 Å². The number of nitrogens with one attached hydrogen (secondary N) is 1. The maximum atomic E-state index is 11.8. The second kappa shape index (κ2) is 10.6. The number of aromatic hydroxyl groups is 8. The Morgan fingerprint density at radius 2 is 0.745 bits per heavy atom. The summed E-state index contributed by atoms with van der Waals surface area (Å²) < 4.78 is 0. The van der Waals surface area contributed by atoms with E-state index >= 15 is 0 Å². The van der Waals surface area contributed by atoms with Gasteiger partial charge in [-0.15, -0.1) is 0 Å². The van der Waals surface area contributed by atoms with Crippen molar-refractivity contribution in [3.05, 3.63) is 109 Å². The van der Waals surface area contributed by atoms with Crippen LogP contribution in [0.5, 0.6) is 46.0 Å². The molecule has 0 aliphatic rings. The van der Waals surface area contributed by atoms with E-state index in [2.05, 4.69) is 4.98 Å². The highest BCUT2D eigenvalue weighted by Crippen LogP contribution is 2.62. The van der Waals surface area contributed by atoms with Crippen LogP contribution in [0, 0.1) is 0 Å². The second-order valence-corrected chi connectivity index (χ2v) is 12.5. The minimum Gasteiger partial charge on any atom is -0.504 e. The van der Waals surface area contributed by atoms with Crippen LogP contribution in [-0.2, 0) is 0 Å². The fourth-order valence-corrected chi connectivity index (χ4v) is 7.63. The summed E-state index contributed by atoms with van der Waals surface area (Å²) in [6.07, 6.45) is 0. The average molecular weight is 674 g/mol. The molecule has 9 aromatic rings. The SMILES string of the molecule is Oc1c(O)c(O)c2c(-c3cccc4c3[nH]c3ccccc34)c3c(O)c(O)c(O)c(O)c3c(-c3ccc(-c4ccccc4)c4ccccc34)c2c1O. The van der Waals surface area contributed by atoms with Gasteiger partial charge in [-0.05, 0) is 33.5 Å². The van der Waals surface area contributed by atoms with Crippen molar-refractivity contribution in [2.75, 3.05) is 0 Å². The number of aromatic nitrogens is 1. The van der Waals surface area contributed by atoms with Crippen LogP contribution in [0.3, 0.4) is 0 Å². The standard InChI is InChI=1S/C42H27NO8/c44-35-30-28(24-18-17-20(19-9-2-1-3-10-19)21-11-4-5-12-22(21)24)31-33(38(47)42(51)40(49)36(31)45)29(32(30)37(46)41(50)39(35)48)26-15-8-14-25-23-13-6-7-16-27(23)43-34(25)26/h1-18,43-51H. The number of fused-ring (bicyclic) bond motifs is 6. The Kier molecular flexibility index (Phi) is 6.21. The normalized spacial score (nSPS) is 11.8. The Balaban J connectivity index is 1.57. The van der Waals surface area contributed by atoms with Crippen LogP contribution >= 0.6 is 0 Å². The van der Waals surface area contributed by atoms with E-state index in [1.807, 2.05) is 84.9 Å². The van der Waals surface area contributed by atoms with E-state index in [9.17, 15) is 40.9 Å². The van der Waals surface area contributed by atoms with E-state index in [1.165, 1.54) is 0 Å². The minimum atomic E-state index is -1.02. The summed E-state index contributed by atoms with van der Waals surface area (Å²) in [6, 6.07) is 33.4. The third kappa shape index (κ3) is 3.97. The summed E-state index contributed by atoms with van der Waals surface area (Å²) in [5.74, 6) is -7.40. The topological polar surface area (TPSA) is 178 Å². The molecule has 0 amide bonds. The quantitative estimate of drug-likeness (QED) is 0.0506. The van der Waals surface area contributed by atoms with Crippen LogP contribution in [0.25, 0.3) is 87.5 Å². The molecule has 248 valence electrons. The maximum absolute atomic E-state index is 11.8. The Hall–Kier alpha value is -7.26. The first-order chi connectivity index (χ1) is 24.7. The third-order valence-corrected chi connectivity index (χ3v) is 9.88. The molecule has 8 aromatic carbocycles. The molecular formula is C42H27NO8. The number of para-hydroxylation sites is 2. The van der Waals surface area contributed by atoms with Crippen LogP contribution in [0.15, 0.2) is 109 Å². The minimum absolute atomic E-state index is 0.00502. The van der Waals surface area contributed by atoms with Crippen LogP contribution < -0.4 is 0 Å². The molecule has 0 fully saturated rings. The van der Waals surface area contributed by atoms with Crippen molar-refractivity contribution in [3.8, 4) is 79.4 Å². The van der Waals surface area contributed by atoms with Gasteiger partial charge < -0.3 is 45.8 Å². The first-order valence-corrected chi connectivity index (χ1v) is 16.0. The summed E-state index contributed by atoms with van der Waals surface area (Å²) in [4.78, 5) is 3.37. The van der Waals surface area contributed by atoms with Crippen molar-refractivity contribution < 1.29 is 40.9 Å². The van der Waals surface area contributed by atoms with Gasteiger partial charge in [0.2, 0.25) is 23.0 Å². The van der Waals surface area contributed by atoms with E-state index in [4.69, 9.17) is 0 Å². The zero-order valence-electron chi connectivity index (χ0n) is 26.5. The molecule has 0 saturated heterocycles. The number of phenols is 8. The van der Waals surface area contributed by atoms with E-state index in [0.717, 1.165) is 32.8 Å². The zero-order valence-corrected chi connectivity index (χ0v) is 26.5. The maximum Gasteiger partial charge on any atom is 0.204 e. The molecule has 1 heterocycles. The van der Waals surface area contributed by atoms with E-state index < -0.39 is 46.0 Å². The highest BCUT2D eigenvalue weighted by atomic mass is 16.4. The third-order valence-electron chi connectivity index (χ3n) is 9.88. The zero-order chi connectivity index (χ0) is 35.3. The van der Waals surface area contributed by atoms with Crippen molar-refractivity contribution in [1.82, 2.24) is 4.98 Å². The molecule has 0 aliphatic heterocycles. The van der Waals surface area contributed by atoms with Gasteiger partial charge in [-0.25, -0.2) is 0 Å². The fourth-order valence-electron chi connectivity index (χ4n) is 7.63. The fraction of sp³-hybridized carbons (Fsp3) is 0. The Morgan fingerprint density at radius 3 is 1.31 bits per heavy atom. The molecule has 0 saturated carbocycles. The van der Waals surface area contributed by atoms with Crippen LogP contribution in [-0.4, -0.2) is 45.8 Å². The summed E-state index contributed by atoms with van der Waals surface area (Å²) in [6.45, 7) is 0. The number of phenolic OH excluding ortho intramolecular Hbond substituents is 8. The number of rotatable bonds is 3. The summed E-state index contributed by atoms with van der Waals surface area (Å²) in [7, 11) is 0. The molecule has 9 nitrogen and oxygen atoms in total. The molecule has 0 radical (unpaired) electrons. The number of hydrogen-bond donors (Lipinski definition) is 9. The summed E-state index contributed by atoms with van der Waals surface area (Å²) in [5, 5.41) is 93.3. The largest absolute Gasteiger partial charge is 0.504 e. The lowest BCUT2D eigenvalue weighted by Crippen LogP contribution is -1.96. The van der Waals surface area contributed by atoms with Gasteiger partial charge >= 0.3 is 0 Å². The van der Waals surface area contributed by atoms with Crippen molar-refractivity contribution >= 4 is 54.1 Å². The number of H-pyrrole nitrogens is 1. The van der Waals surface area contributed by atoms with E-state index in [1.54, 1.807) is 24.3 Å². The van der Waals surface area contributed by atoms with Gasteiger partial charge in [0.15, 0.2) is 23.0 Å². The van der Waals surface area contributed by atoms with Gasteiger partial charge in [0, 0.05) is 54.5 Å². The first kappa shape index (κ1) is 29.8. The van der Waals surface area contributed by atoms with Gasteiger partial charge in [-0.1, -0.05) is 103 Å². The van der Waals surface area contributed by atoms with Gasteiger partial charge in [0.05, 0.1) is 5.52 Å². The lowest BCUT2D eigenvalue weighted by molar-refractivity contribution is 0.350. The van der Waals surface area contributed by atoms with Gasteiger partial charge in [-0.3, -0.25) is 0 Å². The lowest BCUT2D eigenvalue weighted by Gasteiger charge is -2.23. The molecule has 0 atom stereocenters. The Morgan fingerprint density at radius 1 is 0.314 bits per heavy atom. The predicted molar refractivity (Wildman–Crippen MR) is 198 cm³/mol. The monoisotopic (exact) mass is 673 g/mol. The lowest BCUT2D eigenvalue weighted by atomic mass is 9.81. The molecule has 9 heteroatoms. The van der Waals surface area contributed by atoms with Crippen LogP contribution in [0.4, 0.5) is 0 Å². The first-order valence-electron chi connectivity index (χ1n) is 16.0. The van der Waals surface area contributed by atoms with Crippen LogP contribution in [0.1, 0.15) is 0 Å². The van der Waals surface area contributed by atoms with Crippen molar-refractivity contribution in [2.45, 2.75) is 0 Å². The van der Waals surface area contributed by atoms with Gasteiger partial charge in [0.25, 0.3) is 0 Å². The van der Waals surface area contributed by atoms with Crippen molar-refractivity contribution in [3.63, 3.8) is 0 Å². The summed E-state index contributed by atoms with van der Waals surface area (Å²) >= 11 is 0. The molecule has 0 bridgehead atoms. The second-order valence-electron chi connectivity index (χ2n) is 12.5. The number of hydrogen-bond acceptors (Lipinski definition) is 8.